The molecule has 4 nitrogen and oxygen atoms in total. The van der Waals surface area contributed by atoms with Crippen molar-refractivity contribution < 1.29 is 4.74 Å². The lowest BCUT2D eigenvalue weighted by Crippen LogP contribution is -2.02. The number of methoxy groups -OCH3 is 1. The van der Waals surface area contributed by atoms with Gasteiger partial charge in [-0.1, -0.05) is 30.7 Å². The summed E-state index contributed by atoms with van der Waals surface area (Å²) in [5.41, 5.74) is 7.48. The average molecular weight is 264 g/mol. The van der Waals surface area contributed by atoms with Gasteiger partial charge in [0.1, 0.15) is 16.7 Å². The molecule has 5 heteroatoms. The molecule has 0 unspecified atom stereocenters. The van der Waals surface area contributed by atoms with Crippen LogP contribution in [0, 0.1) is 0 Å². The molecule has 2 aromatic rings. The van der Waals surface area contributed by atoms with Crippen molar-refractivity contribution in [1.82, 2.24) is 9.97 Å². The number of hydrogen-bond donors (Lipinski definition) is 1. The van der Waals surface area contributed by atoms with Gasteiger partial charge in [0.05, 0.1) is 7.11 Å². The number of benzene rings is 1. The molecular formula is C13H14ClN3O. The van der Waals surface area contributed by atoms with Crippen LogP contribution >= 0.6 is 11.6 Å². The SMILES string of the molecule is CCc1c(N)nc(-c2cccc(OC)c2)nc1Cl. The van der Waals surface area contributed by atoms with Gasteiger partial charge in [-0.3, -0.25) is 0 Å². The Balaban J connectivity index is 2.51. The molecule has 0 saturated heterocycles. The number of rotatable bonds is 3. The second-order valence-corrected chi connectivity index (χ2v) is 4.15. The topological polar surface area (TPSA) is 61.0 Å². The molecule has 2 rings (SSSR count). The van der Waals surface area contributed by atoms with Gasteiger partial charge >= 0.3 is 0 Å². The lowest BCUT2D eigenvalue weighted by molar-refractivity contribution is 0.415. The first-order valence-electron chi connectivity index (χ1n) is 5.62. The van der Waals surface area contributed by atoms with Crippen LogP contribution in [-0.2, 0) is 6.42 Å². The van der Waals surface area contributed by atoms with Gasteiger partial charge in [0.15, 0.2) is 5.82 Å². The highest BCUT2D eigenvalue weighted by Gasteiger charge is 2.10. The van der Waals surface area contributed by atoms with E-state index in [1.165, 1.54) is 0 Å². The largest absolute Gasteiger partial charge is 0.497 e. The van der Waals surface area contributed by atoms with Gasteiger partial charge in [0.25, 0.3) is 0 Å². The first-order valence-corrected chi connectivity index (χ1v) is 5.99. The van der Waals surface area contributed by atoms with Crippen LogP contribution in [0.4, 0.5) is 5.82 Å². The second-order valence-electron chi connectivity index (χ2n) is 3.79. The van der Waals surface area contributed by atoms with Crippen LogP contribution in [0.3, 0.4) is 0 Å². The van der Waals surface area contributed by atoms with Gasteiger partial charge in [0.2, 0.25) is 0 Å². The quantitative estimate of drug-likeness (QED) is 0.865. The molecule has 0 fully saturated rings. The van der Waals surface area contributed by atoms with E-state index in [1.54, 1.807) is 7.11 Å². The van der Waals surface area contributed by atoms with Crippen LogP contribution in [0.15, 0.2) is 24.3 Å². The first-order chi connectivity index (χ1) is 8.65. The summed E-state index contributed by atoms with van der Waals surface area (Å²) in [6.45, 7) is 1.96. The smallest absolute Gasteiger partial charge is 0.163 e. The number of anilines is 1. The molecule has 0 aliphatic heterocycles. The Morgan fingerprint density at radius 1 is 1.33 bits per heavy atom. The summed E-state index contributed by atoms with van der Waals surface area (Å²) in [6, 6.07) is 7.46. The lowest BCUT2D eigenvalue weighted by Gasteiger charge is -2.08. The highest BCUT2D eigenvalue weighted by molar-refractivity contribution is 6.30. The molecule has 18 heavy (non-hydrogen) atoms. The van der Waals surface area contributed by atoms with E-state index in [-0.39, 0.29) is 0 Å². The number of nitrogen functional groups attached to an aromatic ring is 1. The fourth-order valence-electron chi connectivity index (χ4n) is 1.69. The number of hydrogen-bond acceptors (Lipinski definition) is 4. The minimum absolute atomic E-state index is 0.405. The van der Waals surface area contributed by atoms with Crippen molar-refractivity contribution in [1.29, 1.82) is 0 Å². The van der Waals surface area contributed by atoms with E-state index in [2.05, 4.69) is 9.97 Å². The molecule has 0 atom stereocenters. The number of nitrogens with two attached hydrogens (primary N) is 1. The third-order valence-electron chi connectivity index (χ3n) is 2.67. The molecule has 1 aromatic carbocycles. The van der Waals surface area contributed by atoms with E-state index < -0.39 is 0 Å². The summed E-state index contributed by atoms with van der Waals surface area (Å²) < 4.78 is 5.16. The maximum Gasteiger partial charge on any atom is 0.163 e. The Kier molecular flexibility index (Phi) is 3.67. The van der Waals surface area contributed by atoms with Crippen molar-refractivity contribution in [3.05, 3.63) is 35.0 Å². The van der Waals surface area contributed by atoms with Crippen molar-refractivity contribution in [3.8, 4) is 17.1 Å². The first kappa shape index (κ1) is 12.6. The molecule has 0 amide bonds. The van der Waals surface area contributed by atoms with Crippen LogP contribution < -0.4 is 10.5 Å². The third-order valence-corrected chi connectivity index (χ3v) is 2.98. The summed E-state index contributed by atoms with van der Waals surface area (Å²) in [4.78, 5) is 8.55. The number of halogens is 1. The van der Waals surface area contributed by atoms with E-state index in [0.717, 1.165) is 16.9 Å². The number of aromatic nitrogens is 2. The average Bonchev–Trinajstić information content (AvgIpc) is 2.38. The summed E-state index contributed by atoms with van der Waals surface area (Å²) in [5.74, 6) is 1.68. The monoisotopic (exact) mass is 263 g/mol. The molecule has 0 spiro atoms. The Morgan fingerprint density at radius 2 is 2.11 bits per heavy atom. The van der Waals surface area contributed by atoms with Gasteiger partial charge < -0.3 is 10.5 Å². The van der Waals surface area contributed by atoms with Crippen LogP contribution in [0.1, 0.15) is 12.5 Å². The Morgan fingerprint density at radius 3 is 2.72 bits per heavy atom. The van der Waals surface area contributed by atoms with Crippen molar-refractivity contribution >= 4 is 17.4 Å². The molecule has 0 saturated carbocycles. The zero-order valence-corrected chi connectivity index (χ0v) is 11.0. The molecule has 94 valence electrons. The van der Waals surface area contributed by atoms with E-state index in [4.69, 9.17) is 22.1 Å². The van der Waals surface area contributed by atoms with Crippen LogP contribution in [-0.4, -0.2) is 17.1 Å². The van der Waals surface area contributed by atoms with Gasteiger partial charge in [-0.25, -0.2) is 9.97 Å². The maximum absolute atomic E-state index is 6.10. The van der Waals surface area contributed by atoms with E-state index in [9.17, 15) is 0 Å². The van der Waals surface area contributed by atoms with Crippen LogP contribution in [0.2, 0.25) is 5.15 Å². The summed E-state index contributed by atoms with van der Waals surface area (Å²) in [7, 11) is 1.61. The molecule has 1 aromatic heterocycles. The van der Waals surface area contributed by atoms with Crippen molar-refractivity contribution in [3.63, 3.8) is 0 Å². The predicted octanol–water partition coefficient (Wildman–Crippen LogP) is 2.95. The van der Waals surface area contributed by atoms with Crippen molar-refractivity contribution in [2.75, 3.05) is 12.8 Å². The van der Waals surface area contributed by atoms with Gasteiger partial charge in [0, 0.05) is 11.1 Å². The normalized spacial score (nSPS) is 10.4. The van der Waals surface area contributed by atoms with Gasteiger partial charge in [-0.15, -0.1) is 0 Å². The minimum Gasteiger partial charge on any atom is -0.497 e. The fraction of sp³-hybridized carbons (Fsp3) is 0.231. The van der Waals surface area contributed by atoms with E-state index in [1.807, 2.05) is 31.2 Å². The Labute approximate surface area is 111 Å². The van der Waals surface area contributed by atoms with E-state index in [0.29, 0.717) is 23.2 Å². The van der Waals surface area contributed by atoms with E-state index >= 15 is 0 Å². The molecular weight excluding hydrogens is 250 g/mol. The minimum atomic E-state index is 0.405. The lowest BCUT2D eigenvalue weighted by atomic mass is 10.2. The molecule has 0 radical (unpaired) electrons. The maximum atomic E-state index is 6.10. The molecule has 0 bridgehead atoms. The molecule has 2 N–H and O–H groups in total. The number of nitrogens with zero attached hydrogens (tertiary/aromatic N) is 2. The zero-order valence-electron chi connectivity index (χ0n) is 10.3. The highest BCUT2D eigenvalue weighted by Crippen LogP contribution is 2.26. The second kappa shape index (κ2) is 5.23. The zero-order chi connectivity index (χ0) is 13.1. The Bertz CT molecular complexity index is 549. The predicted molar refractivity (Wildman–Crippen MR) is 72.8 cm³/mol. The van der Waals surface area contributed by atoms with Crippen molar-refractivity contribution in [2.24, 2.45) is 0 Å². The molecule has 1 heterocycles. The van der Waals surface area contributed by atoms with Crippen LogP contribution in [0.5, 0.6) is 5.75 Å². The molecule has 0 aliphatic carbocycles. The van der Waals surface area contributed by atoms with Gasteiger partial charge in [-0.2, -0.15) is 0 Å². The standard InChI is InChI=1S/C13H14ClN3O/c1-3-10-11(14)16-13(17-12(10)15)8-5-4-6-9(7-8)18-2/h4-7H,3H2,1-2H3,(H2,15,16,17). The third kappa shape index (κ3) is 2.38. The highest BCUT2D eigenvalue weighted by atomic mass is 35.5. The van der Waals surface area contributed by atoms with Crippen LogP contribution in [0.25, 0.3) is 11.4 Å². The van der Waals surface area contributed by atoms with Crippen molar-refractivity contribution in [2.45, 2.75) is 13.3 Å². The Hall–Kier alpha value is -1.81. The summed E-state index contributed by atoms with van der Waals surface area (Å²) in [5, 5.41) is 0.405. The fourth-order valence-corrected chi connectivity index (χ4v) is 2.00. The summed E-state index contributed by atoms with van der Waals surface area (Å²) >= 11 is 6.10. The molecule has 0 aliphatic rings. The summed E-state index contributed by atoms with van der Waals surface area (Å²) in [6.07, 6.45) is 0.711. The number of ether oxygens (including phenoxy) is 1. The van der Waals surface area contributed by atoms with Gasteiger partial charge in [-0.05, 0) is 18.6 Å².